The second-order valence-electron chi connectivity index (χ2n) is 5.83. The number of rotatable bonds is 3. The van der Waals surface area contributed by atoms with E-state index in [9.17, 15) is 4.79 Å². The Morgan fingerprint density at radius 2 is 2.19 bits per heavy atom. The Kier molecular flexibility index (Phi) is 4.73. The molecule has 1 aliphatic rings. The number of hydrogen-bond donors (Lipinski definition) is 1. The van der Waals surface area contributed by atoms with E-state index < -0.39 is 0 Å². The van der Waals surface area contributed by atoms with E-state index in [4.69, 9.17) is 10.5 Å². The van der Waals surface area contributed by atoms with Crippen LogP contribution in [0.2, 0.25) is 0 Å². The van der Waals surface area contributed by atoms with Gasteiger partial charge in [-0.25, -0.2) is 0 Å². The number of carbonyl (C=O) groups is 1. The molecule has 116 valence electrons. The molecule has 2 unspecified atom stereocenters. The van der Waals surface area contributed by atoms with Crippen LogP contribution in [0.1, 0.15) is 30.6 Å². The van der Waals surface area contributed by atoms with E-state index in [0.717, 1.165) is 25.3 Å². The molecule has 5 heteroatoms. The predicted molar refractivity (Wildman–Crippen MR) is 85.7 cm³/mol. The highest BCUT2D eigenvalue weighted by Gasteiger charge is 2.27. The van der Waals surface area contributed by atoms with E-state index in [0.29, 0.717) is 17.3 Å². The fourth-order valence-corrected chi connectivity index (χ4v) is 2.68. The van der Waals surface area contributed by atoms with Gasteiger partial charge in [-0.05, 0) is 31.5 Å². The topological polar surface area (TPSA) is 58.8 Å². The second-order valence-corrected chi connectivity index (χ2v) is 5.83. The maximum Gasteiger partial charge on any atom is 0.253 e. The summed E-state index contributed by atoms with van der Waals surface area (Å²) in [6, 6.07) is 5.90. The minimum absolute atomic E-state index is 0.0318. The third-order valence-electron chi connectivity index (χ3n) is 3.93. The molecule has 0 radical (unpaired) electrons. The summed E-state index contributed by atoms with van der Waals surface area (Å²) in [6.07, 6.45) is 1.19. The van der Waals surface area contributed by atoms with Crippen LogP contribution < -0.4 is 10.6 Å². The summed E-state index contributed by atoms with van der Waals surface area (Å²) in [4.78, 5) is 15.8. The number of ether oxygens (including phenoxy) is 1. The lowest BCUT2D eigenvalue weighted by atomic mass is 10.1. The number of morpholine rings is 1. The van der Waals surface area contributed by atoms with Crippen LogP contribution in [0, 0.1) is 0 Å². The lowest BCUT2D eigenvalue weighted by Crippen LogP contribution is -2.49. The van der Waals surface area contributed by atoms with Gasteiger partial charge in [-0.15, -0.1) is 0 Å². The summed E-state index contributed by atoms with van der Waals surface area (Å²) in [5.74, 6) is -0.0318. The van der Waals surface area contributed by atoms with Crippen molar-refractivity contribution in [2.45, 2.75) is 32.4 Å². The van der Waals surface area contributed by atoms with Gasteiger partial charge < -0.3 is 20.3 Å². The Labute approximate surface area is 126 Å². The van der Waals surface area contributed by atoms with Gasteiger partial charge in [0.1, 0.15) is 0 Å². The van der Waals surface area contributed by atoms with Gasteiger partial charge in [-0.2, -0.15) is 0 Å². The first-order valence-corrected chi connectivity index (χ1v) is 7.43. The van der Waals surface area contributed by atoms with Crippen LogP contribution in [0.15, 0.2) is 18.2 Å². The highest BCUT2D eigenvalue weighted by atomic mass is 16.5. The minimum atomic E-state index is -0.0318. The van der Waals surface area contributed by atoms with E-state index in [1.54, 1.807) is 25.1 Å². The van der Waals surface area contributed by atoms with Gasteiger partial charge in [0.15, 0.2) is 0 Å². The first-order chi connectivity index (χ1) is 9.93. The molecule has 1 aromatic rings. The number of anilines is 2. The van der Waals surface area contributed by atoms with Crippen LogP contribution >= 0.6 is 0 Å². The molecule has 0 aliphatic carbocycles. The molecule has 0 saturated carbocycles. The number of carbonyl (C=O) groups excluding carboxylic acids is 1. The smallest absolute Gasteiger partial charge is 0.253 e. The first kappa shape index (κ1) is 15.6. The molecule has 1 heterocycles. The van der Waals surface area contributed by atoms with Gasteiger partial charge in [0.05, 0.1) is 30.1 Å². The average Bonchev–Trinajstić information content (AvgIpc) is 2.46. The van der Waals surface area contributed by atoms with Crippen molar-refractivity contribution in [3.05, 3.63) is 23.8 Å². The third kappa shape index (κ3) is 3.29. The van der Waals surface area contributed by atoms with Crippen molar-refractivity contribution in [1.82, 2.24) is 4.90 Å². The van der Waals surface area contributed by atoms with Crippen molar-refractivity contribution in [1.29, 1.82) is 0 Å². The summed E-state index contributed by atoms with van der Waals surface area (Å²) in [6.45, 7) is 5.76. The molecule has 1 saturated heterocycles. The largest absolute Gasteiger partial charge is 0.397 e. The quantitative estimate of drug-likeness (QED) is 0.865. The minimum Gasteiger partial charge on any atom is -0.397 e. The molecule has 0 spiro atoms. The molecule has 2 atom stereocenters. The standard InChI is InChI=1S/C16H25N3O2/c1-5-13-10-21-11(2)9-19(13)15-7-6-12(8-14(15)17)16(20)18(3)4/h6-8,11,13H,5,9-10,17H2,1-4H3. The summed E-state index contributed by atoms with van der Waals surface area (Å²) >= 11 is 0. The van der Waals surface area contributed by atoms with Crippen LogP contribution in [0.3, 0.4) is 0 Å². The molecule has 1 fully saturated rings. The Morgan fingerprint density at radius 3 is 2.76 bits per heavy atom. The summed E-state index contributed by atoms with van der Waals surface area (Å²) in [5.41, 5.74) is 8.46. The van der Waals surface area contributed by atoms with E-state index in [1.165, 1.54) is 0 Å². The number of nitrogens with zero attached hydrogens (tertiary/aromatic N) is 2. The normalized spacial score (nSPS) is 22.2. The summed E-state index contributed by atoms with van der Waals surface area (Å²) in [7, 11) is 3.48. The highest BCUT2D eigenvalue weighted by Crippen LogP contribution is 2.30. The van der Waals surface area contributed by atoms with Crippen molar-refractivity contribution in [3.63, 3.8) is 0 Å². The molecule has 1 aliphatic heterocycles. The van der Waals surface area contributed by atoms with Crippen molar-refractivity contribution >= 4 is 17.3 Å². The first-order valence-electron chi connectivity index (χ1n) is 7.43. The number of benzene rings is 1. The predicted octanol–water partition coefficient (Wildman–Crippen LogP) is 1.97. The van der Waals surface area contributed by atoms with E-state index in [-0.39, 0.29) is 12.0 Å². The Balaban J connectivity index is 2.29. The number of nitrogens with two attached hydrogens (primary N) is 1. The van der Waals surface area contributed by atoms with Crippen LogP contribution in [0.5, 0.6) is 0 Å². The maximum absolute atomic E-state index is 12.0. The Morgan fingerprint density at radius 1 is 1.48 bits per heavy atom. The molecule has 1 amide bonds. The monoisotopic (exact) mass is 291 g/mol. The SMILES string of the molecule is CCC1COC(C)CN1c1ccc(C(=O)N(C)C)cc1N. The van der Waals surface area contributed by atoms with Gasteiger partial charge in [-0.1, -0.05) is 6.92 Å². The number of hydrogen-bond acceptors (Lipinski definition) is 4. The number of nitrogen functional groups attached to an aromatic ring is 1. The molecule has 2 rings (SSSR count). The molecule has 0 aromatic heterocycles. The maximum atomic E-state index is 12.0. The zero-order valence-electron chi connectivity index (χ0n) is 13.3. The van der Waals surface area contributed by atoms with Crippen molar-refractivity contribution in [2.75, 3.05) is 37.9 Å². The van der Waals surface area contributed by atoms with E-state index in [2.05, 4.69) is 18.7 Å². The summed E-state index contributed by atoms with van der Waals surface area (Å²) < 4.78 is 5.72. The third-order valence-corrected chi connectivity index (χ3v) is 3.93. The van der Waals surface area contributed by atoms with E-state index >= 15 is 0 Å². The second kappa shape index (κ2) is 6.35. The van der Waals surface area contributed by atoms with Gasteiger partial charge in [0.2, 0.25) is 0 Å². The van der Waals surface area contributed by atoms with E-state index in [1.807, 2.05) is 12.1 Å². The lowest BCUT2D eigenvalue weighted by Gasteiger charge is -2.40. The molecule has 5 nitrogen and oxygen atoms in total. The van der Waals surface area contributed by atoms with Crippen LogP contribution in [-0.2, 0) is 4.74 Å². The summed E-state index contributed by atoms with van der Waals surface area (Å²) in [5, 5.41) is 0. The molecular formula is C16H25N3O2. The Bertz CT molecular complexity index is 516. The van der Waals surface area contributed by atoms with Gasteiger partial charge in [0, 0.05) is 26.2 Å². The zero-order valence-corrected chi connectivity index (χ0v) is 13.3. The molecule has 2 N–H and O–H groups in total. The fourth-order valence-electron chi connectivity index (χ4n) is 2.68. The van der Waals surface area contributed by atoms with Crippen LogP contribution in [-0.4, -0.2) is 50.2 Å². The van der Waals surface area contributed by atoms with Crippen molar-refractivity contribution in [3.8, 4) is 0 Å². The van der Waals surface area contributed by atoms with Gasteiger partial charge >= 0.3 is 0 Å². The molecule has 21 heavy (non-hydrogen) atoms. The Hall–Kier alpha value is -1.75. The van der Waals surface area contributed by atoms with Crippen molar-refractivity contribution < 1.29 is 9.53 Å². The van der Waals surface area contributed by atoms with Crippen LogP contribution in [0.25, 0.3) is 0 Å². The lowest BCUT2D eigenvalue weighted by molar-refractivity contribution is 0.0300. The van der Waals surface area contributed by atoms with Gasteiger partial charge in [0.25, 0.3) is 5.91 Å². The molecule has 0 bridgehead atoms. The highest BCUT2D eigenvalue weighted by molar-refractivity contribution is 5.95. The van der Waals surface area contributed by atoms with Gasteiger partial charge in [-0.3, -0.25) is 4.79 Å². The van der Waals surface area contributed by atoms with Crippen LogP contribution in [0.4, 0.5) is 11.4 Å². The zero-order chi connectivity index (χ0) is 15.6. The fraction of sp³-hybridized carbons (Fsp3) is 0.562. The number of amides is 1. The van der Waals surface area contributed by atoms with Crippen molar-refractivity contribution in [2.24, 2.45) is 0 Å². The molecule has 1 aromatic carbocycles. The molecular weight excluding hydrogens is 266 g/mol. The average molecular weight is 291 g/mol.